The molecule has 6 nitrogen and oxygen atoms in total. The number of rotatable bonds is 5. The molecule has 2 aliphatic rings. The Kier molecular flexibility index (Phi) is 7.43. The molecule has 2 N–H and O–H groups in total. The van der Waals surface area contributed by atoms with Crippen LogP contribution in [-0.4, -0.2) is 49.6 Å². The highest BCUT2D eigenvalue weighted by atomic mass is 35.5. The fourth-order valence-electron chi connectivity index (χ4n) is 4.51. The van der Waals surface area contributed by atoms with Gasteiger partial charge < -0.3 is 15.4 Å². The maximum absolute atomic E-state index is 13.4. The zero-order valence-corrected chi connectivity index (χ0v) is 21.1. The molecule has 8 heteroatoms. The molecule has 178 valence electrons. The molecule has 1 atom stereocenters. The van der Waals surface area contributed by atoms with E-state index in [1.165, 1.54) is 4.88 Å². The Labute approximate surface area is 204 Å². The Hall–Kier alpha value is -1.93. The van der Waals surface area contributed by atoms with E-state index in [1.807, 2.05) is 0 Å². The normalized spacial score (nSPS) is 19.1. The molecule has 2 amide bonds. The first-order chi connectivity index (χ1) is 15.7. The maximum atomic E-state index is 13.4. The fourth-order valence-corrected chi connectivity index (χ4v) is 5.98. The van der Waals surface area contributed by atoms with Gasteiger partial charge in [0, 0.05) is 28.7 Å². The highest BCUT2D eigenvalue weighted by molar-refractivity contribution is 7.17. The van der Waals surface area contributed by atoms with Crippen molar-refractivity contribution in [2.45, 2.75) is 40.0 Å². The molecule has 0 unspecified atom stereocenters. The average molecular weight is 490 g/mol. The lowest BCUT2D eigenvalue weighted by Crippen LogP contribution is -2.41. The smallest absolute Gasteiger partial charge is 0.258 e. The largest absolute Gasteiger partial charge is 0.379 e. The first kappa shape index (κ1) is 24.2. The number of carbonyl (C=O) groups excluding carboxylic acids is 2. The lowest BCUT2D eigenvalue weighted by Gasteiger charge is -2.33. The number of benzene rings is 1. The van der Waals surface area contributed by atoms with Gasteiger partial charge in [0.1, 0.15) is 5.00 Å². The van der Waals surface area contributed by atoms with Gasteiger partial charge in [-0.25, -0.2) is 0 Å². The van der Waals surface area contributed by atoms with Gasteiger partial charge in [-0.05, 0) is 60.4 Å². The second-order valence-electron chi connectivity index (χ2n) is 9.91. The van der Waals surface area contributed by atoms with Crippen molar-refractivity contribution in [1.82, 2.24) is 4.90 Å². The summed E-state index contributed by atoms with van der Waals surface area (Å²) in [7, 11) is 0. The molecule has 2 aromatic rings. The molecule has 1 aliphatic heterocycles. The summed E-state index contributed by atoms with van der Waals surface area (Å²) in [4.78, 5) is 29.5. The van der Waals surface area contributed by atoms with Crippen LogP contribution >= 0.6 is 22.9 Å². The van der Waals surface area contributed by atoms with Crippen LogP contribution in [0.4, 0.5) is 10.7 Å². The van der Waals surface area contributed by atoms with Gasteiger partial charge in [0.05, 0.1) is 25.3 Å². The average Bonchev–Trinajstić information content (AvgIpc) is 3.12. The molecule has 33 heavy (non-hydrogen) atoms. The third-order valence-electron chi connectivity index (χ3n) is 6.54. The number of ether oxygens (including phenoxy) is 1. The number of thiophene rings is 1. The molecular weight excluding hydrogens is 458 g/mol. The van der Waals surface area contributed by atoms with E-state index in [4.69, 9.17) is 16.3 Å². The fraction of sp³-hybridized carbons (Fsp3) is 0.520. The molecule has 1 aromatic carbocycles. The highest BCUT2D eigenvalue weighted by Crippen LogP contribution is 2.44. The zero-order chi connectivity index (χ0) is 23.6. The van der Waals surface area contributed by atoms with Crippen LogP contribution in [0.2, 0.25) is 5.02 Å². The van der Waals surface area contributed by atoms with Gasteiger partial charge in [0.15, 0.2) is 0 Å². The molecule has 1 aromatic heterocycles. The van der Waals surface area contributed by atoms with Crippen LogP contribution in [0.25, 0.3) is 0 Å². The molecule has 1 aliphatic carbocycles. The molecule has 1 saturated heterocycles. The number of anilines is 2. The van der Waals surface area contributed by atoms with Crippen molar-refractivity contribution in [2.75, 3.05) is 43.5 Å². The summed E-state index contributed by atoms with van der Waals surface area (Å²) in [5.41, 5.74) is 2.56. The molecule has 4 rings (SSSR count). The van der Waals surface area contributed by atoms with E-state index in [9.17, 15) is 9.59 Å². The van der Waals surface area contributed by atoms with Gasteiger partial charge in [-0.3, -0.25) is 14.5 Å². The summed E-state index contributed by atoms with van der Waals surface area (Å²) in [6.45, 7) is 9.89. The van der Waals surface area contributed by atoms with Gasteiger partial charge in [-0.2, -0.15) is 0 Å². The number of fused-ring (bicyclic) bond motifs is 1. The number of carbonyl (C=O) groups is 2. The van der Waals surface area contributed by atoms with E-state index in [0.29, 0.717) is 47.0 Å². The number of nitrogens with zero attached hydrogens (tertiary/aromatic N) is 1. The Morgan fingerprint density at radius 1 is 1.15 bits per heavy atom. The van der Waals surface area contributed by atoms with Crippen LogP contribution < -0.4 is 10.6 Å². The van der Waals surface area contributed by atoms with E-state index in [0.717, 1.165) is 37.9 Å². The number of morpholine rings is 1. The minimum Gasteiger partial charge on any atom is -0.379 e. The van der Waals surface area contributed by atoms with Gasteiger partial charge in [0.2, 0.25) is 5.91 Å². The molecular formula is C25H32ClN3O3S. The Bertz CT molecular complexity index is 1010. The third-order valence-corrected chi connectivity index (χ3v) is 7.96. The summed E-state index contributed by atoms with van der Waals surface area (Å²) in [5, 5.41) is 7.32. The minimum atomic E-state index is -0.189. The van der Waals surface area contributed by atoms with E-state index in [-0.39, 0.29) is 17.2 Å². The van der Waals surface area contributed by atoms with Crippen LogP contribution in [0, 0.1) is 11.3 Å². The van der Waals surface area contributed by atoms with E-state index >= 15 is 0 Å². The summed E-state index contributed by atoms with van der Waals surface area (Å²) in [6.07, 6.45) is 2.82. The monoisotopic (exact) mass is 489 g/mol. The van der Waals surface area contributed by atoms with Crippen molar-refractivity contribution < 1.29 is 14.3 Å². The second-order valence-corrected chi connectivity index (χ2v) is 11.5. The van der Waals surface area contributed by atoms with Crippen molar-refractivity contribution in [3.8, 4) is 0 Å². The van der Waals surface area contributed by atoms with E-state index in [1.54, 1.807) is 35.6 Å². The van der Waals surface area contributed by atoms with Crippen LogP contribution in [-0.2, 0) is 22.4 Å². The number of nitrogens with one attached hydrogen (secondary N) is 2. The molecule has 0 radical (unpaired) electrons. The molecule has 2 heterocycles. The Balaban J connectivity index is 1.58. The standard InChI is InChI=1S/C25H32ClN3O3S/c1-25(2,3)16-4-9-19-20(14-16)33-24(28-21(30)15-29-10-12-32-13-11-29)22(19)23(31)27-18-7-5-17(26)6-8-18/h5-8,16H,4,9-15H2,1-3H3,(H,27,31)(H,28,30)/t16-/m1/s1. The summed E-state index contributed by atoms with van der Waals surface area (Å²) in [5.74, 6) is 0.266. The highest BCUT2D eigenvalue weighted by Gasteiger charge is 2.34. The number of hydrogen-bond acceptors (Lipinski definition) is 5. The minimum absolute atomic E-state index is 0.0941. The van der Waals surface area contributed by atoms with Crippen LogP contribution in [0.3, 0.4) is 0 Å². The quantitative estimate of drug-likeness (QED) is 0.614. The number of hydrogen-bond donors (Lipinski definition) is 2. The van der Waals surface area contributed by atoms with Crippen molar-refractivity contribution >= 4 is 45.4 Å². The zero-order valence-electron chi connectivity index (χ0n) is 19.5. The first-order valence-corrected chi connectivity index (χ1v) is 12.7. The van der Waals surface area contributed by atoms with Crippen molar-refractivity contribution in [2.24, 2.45) is 11.3 Å². The third kappa shape index (κ3) is 5.96. The number of amides is 2. The SMILES string of the molecule is CC(C)(C)[C@@H]1CCc2c(sc(NC(=O)CN3CCOCC3)c2C(=O)Nc2ccc(Cl)cc2)C1. The summed E-state index contributed by atoms with van der Waals surface area (Å²) in [6, 6.07) is 7.06. The summed E-state index contributed by atoms with van der Waals surface area (Å²) < 4.78 is 5.37. The number of halogens is 1. The molecule has 0 spiro atoms. The van der Waals surface area contributed by atoms with Gasteiger partial charge in [-0.1, -0.05) is 32.4 Å². The lowest BCUT2D eigenvalue weighted by atomic mass is 9.72. The topological polar surface area (TPSA) is 70.7 Å². The van der Waals surface area contributed by atoms with Crippen LogP contribution in [0.1, 0.15) is 48.0 Å². The van der Waals surface area contributed by atoms with Gasteiger partial charge >= 0.3 is 0 Å². The summed E-state index contributed by atoms with van der Waals surface area (Å²) >= 11 is 7.54. The molecule has 0 bridgehead atoms. The van der Waals surface area contributed by atoms with Crippen molar-refractivity contribution in [3.05, 3.63) is 45.3 Å². The predicted molar refractivity (Wildman–Crippen MR) is 135 cm³/mol. The Morgan fingerprint density at radius 2 is 1.85 bits per heavy atom. The van der Waals surface area contributed by atoms with Crippen molar-refractivity contribution in [3.63, 3.8) is 0 Å². The predicted octanol–water partition coefficient (Wildman–Crippen LogP) is 5.08. The maximum Gasteiger partial charge on any atom is 0.258 e. The van der Waals surface area contributed by atoms with Gasteiger partial charge in [0.25, 0.3) is 5.91 Å². The second kappa shape index (κ2) is 10.1. The van der Waals surface area contributed by atoms with E-state index < -0.39 is 0 Å². The first-order valence-electron chi connectivity index (χ1n) is 11.5. The lowest BCUT2D eigenvalue weighted by molar-refractivity contribution is -0.118. The van der Waals surface area contributed by atoms with Crippen LogP contribution in [0.5, 0.6) is 0 Å². The van der Waals surface area contributed by atoms with Gasteiger partial charge in [-0.15, -0.1) is 11.3 Å². The van der Waals surface area contributed by atoms with Crippen molar-refractivity contribution in [1.29, 1.82) is 0 Å². The Morgan fingerprint density at radius 3 is 2.52 bits per heavy atom. The van der Waals surface area contributed by atoms with Crippen LogP contribution in [0.15, 0.2) is 24.3 Å². The molecule has 1 fully saturated rings. The molecule has 0 saturated carbocycles. The van der Waals surface area contributed by atoms with E-state index in [2.05, 4.69) is 36.3 Å².